The fourth-order valence-corrected chi connectivity index (χ4v) is 1.92. The number of ether oxygens (including phenoxy) is 2. The van der Waals surface area contributed by atoms with E-state index in [2.05, 4.69) is 10.6 Å². The Kier molecular flexibility index (Phi) is 5.24. The van der Waals surface area contributed by atoms with E-state index >= 15 is 0 Å². The number of carbonyl (C=O) groups excluding carboxylic acids is 1. The minimum absolute atomic E-state index is 0.00404. The van der Waals surface area contributed by atoms with Crippen LogP contribution in [0.15, 0.2) is 18.2 Å². The maximum atomic E-state index is 11.8. The largest absolute Gasteiger partial charge is 0.493 e. The van der Waals surface area contributed by atoms with Gasteiger partial charge in [0.05, 0.1) is 13.7 Å². The summed E-state index contributed by atoms with van der Waals surface area (Å²) in [5.74, 6) is 1.31. The number of carbonyl (C=O) groups is 1. The lowest BCUT2D eigenvalue weighted by molar-refractivity contribution is -0.116. The van der Waals surface area contributed by atoms with Crippen molar-refractivity contribution < 1.29 is 14.3 Å². The highest BCUT2D eigenvalue weighted by molar-refractivity contribution is 5.91. The van der Waals surface area contributed by atoms with Crippen LogP contribution in [0.1, 0.15) is 26.2 Å². The number of hydrogen-bond donors (Lipinski definition) is 2. The van der Waals surface area contributed by atoms with Crippen LogP contribution in [0.2, 0.25) is 0 Å². The number of amides is 1. The monoisotopic (exact) mass is 278 g/mol. The molecule has 1 aliphatic rings. The van der Waals surface area contributed by atoms with Crippen LogP contribution < -0.4 is 20.1 Å². The molecule has 0 bridgehead atoms. The summed E-state index contributed by atoms with van der Waals surface area (Å²) >= 11 is 0. The van der Waals surface area contributed by atoms with Crippen LogP contribution in [0.3, 0.4) is 0 Å². The molecular weight excluding hydrogens is 256 g/mol. The molecule has 0 unspecified atom stereocenters. The molecule has 5 heteroatoms. The second kappa shape index (κ2) is 7.14. The van der Waals surface area contributed by atoms with Crippen molar-refractivity contribution in [1.29, 1.82) is 0 Å². The summed E-state index contributed by atoms with van der Waals surface area (Å²) in [6.07, 6.45) is 2.95. The molecule has 0 aliphatic heterocycles. The quantitative estimate of drug-likeness (QED) is 0.765. The summed E-state index contributed by atoms with van der Waals surface area (Å²) in [6.45, 7) is 3.22. The lowest BCUT2D eigenvalue weighted by atomic mass is 10.2. The number of benzene rings is 1. The van der Waals surface area contributed by atoms with Crippen LogP contribution in [0.5, 0.6) is 11.5 Å². The van der Waals surface area contributed by atoms with E-state index in [1.807, 2.05) is 13.0 Å². The van der Waals surface area contributed by atoms with Crippen molar-refractivity contribution in [2.45, 2.75) is 32.2 Å². The van der Waals surface area contributed by atoms with Gasteiger partial charge in [0.15, 0.2) is 11.5 Å². The highest BCUT2D eigenvalue weighted by atomic mass is 16.5. The van der Waals surface area contributed by atoms with Crippen LogP contribution in [0, 0.1) is 0 Å². The summed E-state index contributed by atoms with van der Waals surface area (Å²) < 4.78 is 10.7. The maximum Gasteiger partial charge on any atom is 0.225 e. The van der Waals surface area contributed by atoms with Gasteiger partial charge in [0.2, 0.25) is 5.91 Å². The number of anilines is 1. The first-order valence-electron chi connectivity index (χ1n) is 7.07. The first-order chi connectivity index (χ1) is 9.72. The minimum Gasteiger partial charge on any atom is -0.493 e. The van der Waals surface area contributed by atoms with E-state index < -0.39 is 0 Å². The SMILES string of the molecule is CCOc1ccc(NC(=O)CCNC2CC2)cc1OC. The molecule has 1 aromatic rings. The van der Waals surface area contributed by atoms with Gasteiger partial charge in [-0.3, -0.25) is 4.79 Å². The zero-order valence-electron chi connectivity index (χ0n) is 12.1. The smallest absolute Gasteiger partial charge is 0.225 e. The second-order valence-electron chi connectivity index (χ2n) is 4.83. The van der Waals surface area contributed by atoms with E-state index in [1.165, 1.54) is 12.8 Å². The lowest BCUT2D eigenvalue weighted by Crippen LogP contribution is -2.23. The highest BCUT2D eigenvalue weighted by Crippen LogP contribution is 2.30. The molecule has 5 nitrogen and oxygen atoms in total. The van der Waals surface area contributed by atoms with E-state index in [1.54, 1.807) is 19.2 Å². The molecule has 1 amide bonds. The average molecular weight is 278 g/mol. The van der Waals surface area contributed by atoms with Crippen molar-refractivity contribution in [3.8, 4) is 11.5 Å². The van der Waals surface area contributed by atoms with Gasteiger partial charge in [-0.1, -0.05) is 0 Å². The van der Waals surface area contributed by atoms with Gasteiger partial charge < -0.3 is 20.1 Å². The van der Waals surface area contributed by atoms with Crippen LogP contribution in [-0.2, 0) is 4.79 Å². The summed E-state index contributed by atoms with van der Waals surface area (Å²) in [5, 5.41) is 6.18. The Hall–Kier alpha value is -1.75. The van der Waals surface area contributed by atoms with Gasteiger partial charge in [-0.15, -0.1) is 0 Å². The Balaban J connectivity index is 1.85. The Morgan fingerprint density at radius 1 is 1.35 bits per heavy atom. The normalized spacial score (nSPS) is 13.9. The highest BCUT2D eigenvalue weighted by Gasteiger charge is 2.20. The Bertz CT molecular complexity index is 458. The van der Waals surface area contributed by atoms with Gasteiger partial charge in [0.1, 0.15) is 0 Å². The van der Waals surface area contributed by atoms with Gasteiger partial charge >= 0.3 is 0 Å². The van der Waals surface area contributed by atoms with Crippen molar-refractivity contribution in [3.63, 3.8) is 0 Å². The third-order valence-electron chi connectivity index (χ3n) is 3.11. The molecule has 0 heterocycles. The molecule has 110 valence electrons. The van der Waals surface area contributed by atoms with Gasteiger partial charge in [-0.25, -0.2) is 0 Å². The zero-order chi connectivity index (χ0) is 14.4. The minimum atomic E-state index is 0.00404. The Morgan fingerprint density at radius 2 is 2.15 bits per heavy atom. The van der Waals surface area contributed by atoms with Crippen LogP contribution >= 0.6 is 0 Å². The van der Waals surface area contributed by atoms with Gasteiger partial charge in [0, 0.05) is 30.8 Å². The Morgan fingerprint density at radius 3 is 2.80 bits per heavy atom. The van der Waals surface area contributed by atoms with Crippen molar-refractivity contribution in [3.05, 3.63) is 18.2 Å². The molecule has 1 saturated carbocycles. The summed E-state index contributed by atoms with van der Waals surface area (Å²) in [6, 6.07) is 6.03. The summed E-state index contributed by atoms with van der Waals surface area (Å²) in [4.78, 5) is 11.8. The first-order valence-corrected chi connectivity index (χ1v) is 7.07. The molecule has 0 aromatic heterocycles. The third kappa shape index (κ3) is 4.42. The molecular formula is C15H22N2O3. The average Bonchev–Trinajstić information content (AvgIpc) is 3.25. The van der Waals surface area contributed by atoms with E-state index in [0.717, 1.165) is 12.2 Å². The maximum absolute atomic E-state index is 11.8. The summed E-state index contributed by atoms with van der Waals surface area (Å²) in [5.41, 5.74) is 0.724. The van der Waals surface area contributed by atoms with Crippen molar-refractivity contribution in [2.24, 2.45) is 0 Å². The van der Waals surface area contributed by atoms with E-state index in [4.69, 9.17) is 9.47 Å². The predicted molar refractivity (Wildman–Crippen MR) is 78.4 cm³/mol. The van der Waals surface area contributed by atoms with Crippen molar-refractivity contribution >= 4 is 11.6 Å². The molecule has 20 heavy (non-hydrogen) atoms. The van der Waals surface area contributed by atoms with Crippen LogP contribution in [0.4, 0.5) is 5.69 Å². The predicted octanol–water partition coefficient (Wildman–Crippen LogP) is 2.17. The number of methoxy groups -OCH3 is 1. The molecule has 2 N–H and O–H groups in total. The molecule has 0 atom stereocenters. The fourth-order valence-electron chi connectivity index (χ4n) is 1.92. The van der Waals surface area contributed by atoms with E-state index in [9.17, 15) is 4.79 Å². The Labute approximate surface area is 119 Å². The van der Waals surface area contributed by atoms with Gasteiger partial charge in [-0.05, 0) is 31.9 Å². The van der Waals surface area contributed by atoms with Crippen molar-refractivity contribution in [1.82, 2.24) is 5.32 Å². The summed E-state index contributed by atoms with van der Waals surface area (Å²) in [7, 11) is 1.59. The molecule has 2 rings (SSSR count). The molecule has 1 aromatic carbocycles. The third-order valence-corrected chi connectivity index (χ3v) is 3.11. The topological polar surface area (TPSA) is 59.6 Å². The molecule has 1 fully saturated rings. The van der Waals surface area contributed by atoms with Gasteiger partial charge in [-0.2, -0.15) is 0 Å². The lowest BCUT2D eigenvalue weighted by Gasteiger charge is -2.11. The fraction of sp³-hybridized carbons (Fsp3) is 0.533. The first kappa shape index (κ1) is 14.7. The zero-order valence-corrected chi connectivity index (χ0v) is 12.1. The molecule has 0 radical (unpaired) electrons. The molecule has 0 spiro atoms. The standard InChI is InChI=1S/C15H22N2O3/c1-3-20-13-7-6-12(10-14(13)19-2)17-15(18)8-9-16-11-4-5-11/h6-7,10-11,16H,3-5,8-9H2,1-2H3,(H,17,18). The van der Waals surface area contributed by atoms with E-state index in [0.29, 0.717) is 30.6 Å². The van der Waals surface area contributed by atoms with Crippen LogP contribution in [-0.4, -0.2) is 32.2 Å². The van der Waals surface area contributed by atoms with Gasteiger partial charge in [0.25, 0.3) is 0 Å². The number of hydrogen-bond acceptors (Lipinski definition) is 4. The van der Waals surface area contributed by atoms with E-state index in [-0.39, 0.29) is 5.91 Å². The van der Waals surface area contributed by atoms with Crippen LogP contribution in [0.25, 0.3) is 0 Å². The molecule has 0 saturated heterocycles. The van der Waals surface area contributed by atoms with Crippen molar-refractivity contribution in [2.75, 3.05) is 25.6 Å². The number of nitrogens with one attached hydrogen (secondary N) is 2. The molecule has 1 aliphatic carbocycles. The second-order valence-corrected chi connectivity index (χ2v) is 4.83. The number of rotatable bonds is 8.